The van der Waals surface area contributed by atoms with Gasteiger partial charge in [-0.2, -0.15) is 0 Å². The minimum Gasteiger partial charge on any atom is -0.459 e. The first kappa shape index (κ1) is 9.96. The Labute approximate surface area is 98.7 Å². The van der Waals surface area contributed by atoms with Crippen molar-refractivity contribution < 1.29 is 4.42 Å². The van der Waals surface area contributed by atoms with Crippen LogP contribution in [0, 0.1) is 6.92 Å². The van der Waals surface area contributed by atoms with Gasteiger partial charge < -0.3 is 14.7 Å². The first-order valence-electron chi connectivity index (χ1n) is 5.49. The molecule has 0 radical (unpaired) electrons. The number of imidazole rings is 1. The first-order valence-corrected chi connectivity index (χ1v) is 5.49. The zero-order chi connectivity index (χ0) is 11.8. The van der Waals surface area contributed by atoms with E-state index in [1.807, 2.05) is 41.8 Å². The number of anilines is 1. The SMILES string of the molecule is Cc1cnc(N)n1Cc1cc2ccccc2o1. The molecule has 0 fully saturated rings. The van der Waals surface area contributed by atoms with Crippen molar-refractivity contribution in [3.8, 4) is 0 Å². The van der Waals surface area contributed by atoms with Crippen LogP contribution in [0.2, 0.25) is 0 Å². The average molecular weight is 227 g/mol. The number of fused-ring (bicyclic) bond motifs is 1. The summed E-state index contributed by atoms with van der Waals surface area (Å²) < 4.78 is 7.68. The van der Waals surface area contributed by atoms with Crippen molar-refractivity contribution in [3.63, 3.8) is 0 Å². The monoisotopic (exact) mass is 227 g/mol. The summed E-state index contributed by atoms with van der Waals surface area (Å²) in [6, 6.07) is 9.99. The van der Waals surface area contributed by atoms with Gasteiger partial charge in [-0.15, -0.1) is 0 Å². The minimum atomic E-state index is 0.517. The van der Waals surface area contributed by atoms with Crippen LogP contribution in [0.15, 0.2) is 40.9 Å². The number of hydrogen-bond acceptors (Lipinski definition) is 3. The van der Waals surface area contributed by atoms with Gasteiger partial charge in [-0.25, -0.2) is 4.98 Å². The minimum absolute atomic E-state index is 0.517. The van der Waals surface area contributed by atoms with E-state index in [0.717, 1.165) is 22.4 Å². The Kier molecular flexibility index (Phi) is 2.14. The molecule has 0 atom stereocenters. The van der Waals surface area contributed by atoms with Gasteiger partial charge in [0.25, 0.3) is 0 Å². The van der Waals surface area contributed by atoms with E-state index < -0.39 is 0 Å². The van der Waals surface area contributed by atoms with Crippen molar-refractivity contribution in [2.45, 2.75) is 13.5 Å². The van der Waals surface area contributed by atoms with E-state index >= 15 is 0 Å². The maximum Gasteiger partial charge on any atom is 0.200 e. The third kappa shape index (κ3) is 1.67. The number of nitrogens with zero attached hydrogens (tertiary/aromatic N) is 2. The molecular formula is C13H13N3O. The van der Waals surface area contributed by atoms with Crippen LogP contribution in [0.25, 0.3) is 11.0 Å². The summed E-state index contributed by atoms with van der Waals surface area (Å²) in [5, 5.41) is 1.11. The molecule has 0 amide bonds. The Morgan fingerprint density at radius 1 is 1.35 bits per heavy atom. The highest BCUT2D eigenvalue weighted by Gasteiger charge is 2.08. The smallest absolute Gasteiger partial charge is 0.200 e. The summed E-state index contributed by atoms with van der Waals surface area (Å²) in [5.41, 5.74) is 7.73. The number of nitrogen functional groups attached to an aromatic ring is 1. The van der Waals surface area contributed by atoms with Crippen LogP contribution in [0.5, 0.6) is 0 Å². The number of benzene rings is 1. The lowest BCUT2D eigenvalue weighted by Gasteiger charge is -2.03. The lowest BCUT2D eigenvalue weighted by atomic mass is 10.2. The van der Waals surface area contributed by atoms with Crippen molar-refractivity contribution >= 4 is 16.9 Å². The summed E-state index contributed by atoms with van der Waals surface area (Å²) in [6.45, 7) is 2.60. The molecule has 2 aromatic heterocycles. The van der Waals surface area contributed by atoms with E-state index in [0.29, 0.717) is 12.5 Å². The standard InChI is InChI=1S/C13H13N3O/c1-9-7-15-13(14)16(9)8-11-6-10-4-2-3-5-12(10)17-11/h2-7H,8H2,1H3,(H2,14,15). The number of rotatable bonds is 2. The number of para-hydroxylation sites is 1. The molecular weight excluding hydrogens is 214 g/mol. The Morgan fingerprint density at radius 2 is 2.18 bits per heavy atom. The zero-order valence-corrected chi connectivity index (χ0v) is 9.55. The zero-order valence-electron chi connectivity index (χ0n) is 9.55. The lowest BCUT2D eigenvalue weighted by molar-refractivity contribution is 0.527. The largest absolute Gasteiger partial charge is 0.459 e. The molecule has 1 aromatic carbocycles. The molecule has 0 aliphatic rings. The fourth-order valence-electron chi connectivity index (χ4n) is 1.96. The Balaban J connectivity index is 2.00. The summed E-state index contributed by atoms with van der Waals surface area (Å²) >= 11 is 0. The fraction of sp³-hybridized carbons (Fsp3) is 0.154. The van der Waals surface area contributed by atoms with Gasteiger partial charge in [0.15, 0.2) is 0 Å². The highest BCUT2D eigenvalue weighted by molar-refractivity contribution is 5.77. The molecule has 86 valence electrons. The van der Waals surface area contributed by atoms with Crippen LogP contribution in [-0.4, -0.2) is 9.55 Å². The van der Waals surface area contributed by atoms with E-state index in [9.17, 15) is 0 Å². The van der Waals surface area contributed by atoms with Gasteiger partial charge >= 0.3 is 0 Å². The first-order chi connectivity index (χ1) is 8.24. The molecule has 17 heavy (non-hydrogen) atoms. The molecule has 2 N–H and O–H groups in total. The normalized spacial score (nSPS) is 11.1. The van der Waals surface area contributed by atoms with E-state index in [2.05, 4.69) is 4.98 Å². The van der Waals surface area contributed by atoms with E-state index in [-0.39, 0.29) is 0 Å². The molecule has 4 heteroatoms. The molecule has 3 rings (SSSR count). The van der Waals surface area contributed by atoms with Crippen molar-refractivity contribution in [2.75, 3.05) is 5.73 Å². The third-order valence-corrected chi connectivity index (χ3v) is 2.88. The van der Waals surface area contributed by atoms with Crippen molar-refractivity contribution in [2.24, 2.45) is 0 Å². The molecule has 0 aliphatic heterocycles. The van der Waals surface area contributed by atoms with Crippen molar-refractivity contribution in [3.05, 3.63) is 48.0 Å². The molecule has 4 nitrogen and oxygen atoms in total. The van der Waals surface area contributed by atoms with Gasteiger partial charge in [-0.3, -0.25) is 0 Å². The van der Waals surface area contributed by atoms with Crippen LogP contribution in [-0.2, 0) is 6.54 Å². The predicted octanol–water partition coefficient (Wildman–Crippen LogP) is 2.57. The number of hydrogen-bond donors (Lipinski definition) is 1. The maximum absolute atomic E-state index is 5.79. The Bertz CT molecular complexity index is 614. The summed E-state index contributed by atoms with van der Waals surface area (Å²) in [4.78, 5) is 4.07. The van der Waals surface area contributed by atoms with Gasteiger partial charge in [0, 0.05) is 11.1 Å². The highest BCUT2D eigenvalue weighted by Crippen LogP contribution is 2.20. The summed E-state index contributed by atoms with van der Waals surface area (Å²) in [5.74, 6) is 1.40. The van der Waals surface area contributed by atoms with Crippen LogP contribution >= 0.6 is 0 Å². The van der Waals surface area contributed by atoms with E-state index in [4.69, 9.17) is 10.2 Å². The molecule has 0 saturated carbocycles. The predicted molar refractivity (Wildman–Crippen MR) is 66.7 cm³/mol. The highest BCUT2D eigenvalue weighted by atomic mass is 16.3. The number of furan rings is 1. The molecule has 3 aromatic rings. The molecule has 0 aliphatic carbocycles. The second-order valence-electron chi connectivity index (χ2n) is 4.09. The van der Waals surface area contributed by atoms with Crippen LogP contribution < -0.4 is 5.73 Å². The van der Waals surface area contributed by atoms with Crippen LogP contribution in [0.3, 0.4) is 0 Å². The topological polar surface area (TPSA) is 57.0 Å². The number of aryl methyl sites for hydroxylation is 1. The molecule has 0 bridgehead atoms. The van der Waals surface area contributed by atoms with E-state index in [1.54, 1.807) is 6.20 Å². The van der Waals surface area contributed by atoms with Gasteiger partial charge in [-0.1, -0.05) is 18.2 Å². The van der Waals surface area contributed by atoms with Crippen LogP contribution in [0.4, 0.5) is 5.95 Å². The van der Waals surface area contributed by atoms with Gasteiger partial charge in [0.1, 0.15) is 11.3 Å². The Morgan fingerprint density at radius 3 is 2.88 bits per heavy atom. The quantitative estimate of drug-likeness (QED) is 0.732. The Hall–Kier alpha value is -2.23. The molecule has 0 unspecified atom stereocenters. The molecule has 0 spiro atoms. The van der Waals surface area contributed by atoms with Crippen molar-refractivity contribution in [1.82, 2.24) is 9.55 Å². The average Bonchev–Trinajstić information content (AvgIpc) is 2.87. The lowest BCUT2D eigenvalue weighted by Crippen LogP contribution is -2.05. The van der Waals surface area contributed by atoms with Crippen LogP contribution in [0.1, 0.15) is 11.5 Å². The third-order valence-electron chi connectivity index (χ3n) is 2.88. The molecule has 0 saturated heterocycles. The second kappa shape index (κ2) is 3.66. The van der Waals surface area contributed by atoms with Gasteiger partial charge in [0.05, 0.1) is 12.7 Å². The van der Waals surface area contributed by atoms with Gasteiger partial charge in [-0.05, 0) is 19.1 Å². The second-order valence-corrected chi connectivity index (χ2v) is 4.09. The summed E-state index contributed by atoms with van der Waals surface area (Å²) in [7, 11) is 0. The number of nitrogens with two attached hydrogens (primary N) is 1. The van der Waals surface area contributed by atoms with Gasteiger partial charge in [0.2, 0.25) is 5.95 Å². The number of aromatic nitrogens is 2. The van der Waals surface area contributed by atoms with Crippen molar-refractivity contribution in [1.29, 1.82) is 0 Å². The van der Waals surface area contributed by atoms with E-state index in [1.165, 1.54) is 0 Å². The summed E-state index contributed by atoms with van der Waals surface area (Å²) in [6.07, 6.45) is 1.76. The fourth-order valence-corrected chi connectivity index (χ4v) is 1.96. The maximum atomic E-state index is 5.79. The molecule has 2 heterocycles.